The summed E-state index contributed by atoms with van der Waals surface area (Å²) in [6.45, 7) is 0. The molecule has 124 valence electrons. The molecule has 1 heterocycles. The summed E-state index contributed by atoms with van der Waals surface area (Å²) in [6, 6.07) is 14.1. The zero-order valence-corrected chi connectivity index (χ0v) is 12.8. The van der Waals surface area contributed by atoms with E-state index in [9.17, 15) is 19.7 Å². The van der Waals surface area contributed by atoms with E-state index in [1.807, 2.05) is 18.2 Å². The molecule has 3 rings (SSSR count). The van der Waals surface area contributed by atoms with Gasteiger partial charge in [-0.3, -0.25) is 19.7 Å². The molecular weight excluding hydrogens is 324 g/mol. The average Bonchev–Trinajstić information content (AvgIpc) is 2.62. The van der Waals surface area contributed by atoms with Crippen LogP contribution in [0.5, 0.6) is 0 Å². The molecule has 0 saturated heterocycles. The van der Waals surface area contributed by atoms with E-state index in [1.165, 1.54) is 30.5 Å². The standard InChI is InChI=1S/C17H12N4O4/c22-16-13(9-12-3-1-2-4-15(12)19-16)10-18-20-17(23)11-5-7-14(8-6-11)21(24)25/h1-10H,(H,19,22)(H,20,23)/b18-10-. The number of nitro benzene ring substituents is 1. The molecule has 0 fully saturated rings. The maximum absolute atomic E-state index is 12.0. The Hall–Kier alpha value is -3.81. The number of carbonyl (C=O) groups is 1. The summed E-state index contributed by atoms with van der Waals surface area (Å²) in [4.78, 5) is 36.6. The summed E-state index contributed by atoms with van der Waals surface area (Å²) in [7, 11) is 0. The second-order valence-corrected chi connectivity index (χ2v) is 5.14. The summed E-state index contributed by atoms with van der Waals surface area (Å²) >= 11 is 0. The van der Waals surface area contributed by atoms with Crippen molar-refractivity contribution in [1.82, 2.24) is 10.4 Å². The van der Waals surface area contributed by atoms with Gasteiger partial charge in [-0.15, -0.1) is 0 Å². The van der Waals surface area contributed by atoms with Crippen LogP contribution in [-0.4, -0.2) is 22.0 Å². The molecule has 2 aromatic carbocycles. The minimum atomic E-state index is -0.550. The molecule has 0 saturated carbocycles. The van der Waals surface area contributed by atoms with E-state index >= 15 is 0 Å². The predicted octanol–water partition coefficient (Wildman–Crippen LogP) is 2.20. The first-order valence-corrected chi connectivity index (χ1v) is 7.24. The molecule has 1 aromatic heterocycles. The molecule has 0 atom stereocenters. The van der Waals surface area contributed by atoms with Crippen molar-refractivity contribution in [2.45, 2.75) is 0 Å². The molecular formula is C17H12N4O4. The van der Waals surface area contributed by atoms with E-state index in [-0.39, 0.29) is 16.8 Å². The summed E-state index contributed by atoms with van der Waals surface area (Å²) in [5, 5.41) is 15.2. The first kappa shape index (κ1) is 16.1. The summed E-state index contributed by atoms with van der Waals surface area (Å²) in [5.41, 5.74) is 3.06. The van der Waals surface area contributed by atoms with Crippen molar-refractivity contribution in [3.63, 3.8) is 0 Å². The molecule has 25 heavy (non-hydrogen) atoms. The number of hydrogen-bond donors (Lipinski definition) is 2. The lowest BCUT2D eigenvalue weighted by Gasteiger charge is -2.00. The SMILES string of the molecule is O=C(N/N=C\c1cc2ccccc2[nH]c1=O)c1ccc([N+](=O)[O-])cc1. The van der Waals surface area contributed by atoms with Crippen molar-refractivity contribution < 1.29 is 9.72 Å². The number of hydrazone groups is 1. The Morgan fingerprint density at radius 2 is 1.88 bits per heavy atom. The number of H-pyrrole nitrogens is 1. The number of aromatic nitrogens is 1. The Balaban J connectivity index is 1.74. The normalized spacial score (nSPS) is 10.9. The number of amides is 1. The van der Waals surface area contributed by atoms with Gasteiger partial charge in [-0.1, -0.05) is 18.2 Å². The van der Waals surface area contributed by atoms with E-state index in [4.69, 9.17) is 0 Å². The summed E-state index contributed by atoms with van der Waals surface area (Å²) in [5.74, 6) is -0.539. The molecule has 8 nitrogen and oxygen atoms in total. The number of para-hydroxylation sites is 1. The van der Waals surface area contributed by atoms with Crippen molar-refractivity contribution in [2.24, 2.45) is 5.10 Å². The van der Waals surface area contributed by atoms with Crippen LogP contribution >= 0.6 is 0 Å². The van der Waals surface area contributed by atoms with Crippen molar-refractivity contribution in [2.75, 3.05) is 0 Å². The van der Waals surface area contributed by atoms with Crippen LogP contribution in [-0.2, 0) is 0 Å². The third kappa shape index (κ3) is 3.58. The van der Waals surface area contributed by atoms with Crippen LogP contribution in [0.2, 0.25) is 0 Å². The Morgan fingerprint density at radius 3 is 2.60 bits per heavy atom. The average molecular weight is 336 g/mol. The molecule has 0 aliphatic carbocycles. The minimum absolute atomic E-state index is 0.109. The highest BCUT2D eigenvalue weighted by molar-refractivity contribution is 5.95. The van der Waals surface area contributed by atoms with Gasteiger partial charge in [0.15, 0.2) is 0 Å². The van der Waals surface area contributed by atoms with Gasteiger partial charge >= 0.3 is 0 Å². The van der Waals surface area contributed by atoms with Gasteiger partial charge in [-0.2, -0.15) is 5.10 Å². The maximum Gasteiger partial charge on any atom is 0.271 e. The molecule has 2 N–H and O–H groups in total. The third-order valence-electron chi connectivity index (χ3n) is 3.49. The lowest BCUT2D eigenvalue weighted by molar-refractivity contribution is -0.384. The smallest absolute Gasteiger partial charge is 0.271 e. The largest absolute Gasteiger partial charge is 0.321 e. The van der Waals surface area contributed by atoms with Crippen LogP contribution in [0.4, 0.5) is 5.69 Å². The lowest BCUT2D eigenvalue weighted by Crippen LogP contribution is -2.19. The summed E-state index contributed by atoms with van der Waals surface area (Å²) in [6.07, 6.45) is 1.24. The molecule has 0 spiro atoms. The summed E-state index contributed by atoms with van der Waals surface area (Å²) < 4.78 is 0. The fraction of sp³-hybridized carbons (Fsp3) is 0. The van der Waals surface area contributed by atoms with Crippen LogP contribution < -0.4 is 11.0 Å². The Bertz CT molecular complexity index is 1040. The van der Waals surface area contributed by atoms with Gasteiger partial charge in [0, 0.05) is 23.2 Å². The fourth-order valence-corrected chi connectivity index (χ4v) is 2.22. The van der Waals surface area contributed by atoms with Gasteiger partial charge < -0.3 is 4.98 Å². The van der Waals surface area contributed by atoms with Crippen molar-refractivity contribution in [1.29, 1.82) is 0 Å². The van der Waals surface area contributed by atoms with Crippen LogP contribution in [0.25, 0.3) is 10.9 Å². The first-order valence-electron chi connectivity index (χ1n) is 7.24. The quantitative estimate of drug-likeness (QED) is 0.431. The molecule has 0 radical (unpaired) electrons. The van der Waals surface area contributed by atoms with Crippen molar-refractivity contribution in [3.05, 3.63) is 86.2 Å². The Kier molecular flexibility index (Phi) is 4.34. The van der Waals surface area contributed by atoms with Gasteiger partial charge in [0.1, 0.15) is 0 Å². The van der Waals surface area contributed by atoms with E-state index in [0.29, 0.717) is 11.1 Å². The van der Waals surface area contributed by atoms with E-state index in [1.54, 1.807) is 12.1 Å². The number of benzene rings is 2. The van der Waals surface area contributed by atoms with Crippen LogP contribution in [0, 0.1) is 10.1 Å². The highest BCUT2D eigenvalue weighted by atomic mass is 16.6. The van der Waals surface area contributed by atoms with Crippen LogP contribution in [0.3, 0.4) is 0 Å². The molecule has 0 bridgehead atoms. The molecule has 0 aliphatic heterocycles. The number of carbonyl (C=O) groups excluding carboxylic acids is 1. The lowest BCUT2D eigenvalue weighted by atomic mass is 10.2. The fourth-order valence-electron chi connectivity index (χ4n) is 2.22. The number of nitro groups is 1. The van der Waals surface area contributed by atoms with E-state index in [2.05, 4.69) is 15.5 Å². The molecule has 0 unspecified atom stereocenters. The van der Waals surface area contributed by atoms with Gasteiger partial charge in [-0.05, 0) is 29.7 Å². The molecule has 3 aromatic rings. The Morgan fingerprint density at radius 1 is 1.16 bits per heavy atom. The van der Waals surface area contributed by atoms with Gasteiger partial charge in [-0.25, -0.2) is 5.43 Å². The van der Waals surface area contributed by atoms with Crippen LogP contribution in [0.15, 0.2) is 64.5 Å². The van der Waals surface area contributed by atoms with E-state index in [0.717, 1.165) is 5.39 Å². The van der Waals surface area contributed by atoms with Crippen LogP contribution in [0.1, 0.15) is 15.9 Å². The maximum atomic E-state index is 12.0. The Labute approximate surface area is 141 Å². The number of hydrogen-bond acceptors (Lipinski definition) is 5. The number of nitrogens with zero attached hydrogens (tertiary/aromatic N) is 2. The number of non-ortho nitro benzene ring substituents is 1. The van der Waals surface area contributed by atoms with Crippen molar-refractivity contribution in [3.8, 4) is 0 Å². The highest BCUT2D eigenvalue weighted by Gasteiger charge is 2.08. The third-order valence-corrected chi connectivity index (χ3v) is 3.49. The number of nitrogens with one attached hydrogen (secondary N) is 2. The molecule has 8 heteroatoms. The predicted molar refractivity (Wildman–Crippen MR) is 92.7 cm³/mol. The zero-order chi connectivity index (χ0) is 17.8. The van der Waals surface area contributed by atoms with Crippen molar-refractivity contribution >= 4 is 28.7 Å². The second kappa shape index (κ2) is 6.75. The first-order chi connectivity index (χ1) is 12.0. The van der Waals surface area contributed by atoms with Gasteiger partial charge in [0.05, 0.1) is 16.7 Å². The number of fused-ring (bicyclic) bond motifs is 1. The molecule has 1 amide bonds. The zero-order valence-electron chi connectivity index (χ0n) is 12.8. The number of pyridine rings is 1. The highest BCUT2D eigenvalue weighted by Crippen LogP contribution is 2.12. The molecule has 0 aliphatic rings. The monoisotopic (exact) mass is 336 g/mol. The number of rotatable bonds is 4. The minimum Gasteiger partial charge on any atom is -0.321 e. The number of aromatic amines is 1. The van der Waals surface area contributed by atoms with E-state index < -0.39 is 10.8 Å². The second-order valence-electron chi connectivity index (χ2n) is 5.14. The van der Waals surface area contributed by atoms with Gasteiger partial charge in [0.2, 0.25) is 0 Å². The topological polar surface area (TPSA) is 117 Å². The van der Waals surface area contributed by atoms with Gasteiger partial charge in [0.25, 0.3) is 17.2 Å².